The molecule has 1 fully saturated rings. The number of nitrogens with zero attached hydrogens (tertiary/aromatic N) is 5. The van der Waals surface area contributed by atoms with Crippen molar-refractivity contribution >= 4 is 34.8 Å². The lowest BCUT2D eigenvalue weighted by Crippen LogP contribution is -2.39. The molecular weight excluding hydrogens is 399 g/mol. The summed E-state index contributed by atoms with van der Waals surface area (Å²) in [6.45, 7) is 1.27. The van der Waals surface area contributed by atoms with Gasteiger partial charge < -0.3 is 5.32 Å². The summed E-state index contributed by atoms with van der Waals surface area (Å²) < 4.78 is 1.70. The minimum absolute atomic E-state index is 0.111. The summed E-state index contributed by atoms with van der Waals surface area (Å²) in [5.74, 6) is 0.576. The normalized spacial score (nSPS) is 17.0. The maximum Gasteiger partial charge on any atom is 0.241 e. The maximum atomic E-state index is 12.9. The highest BCUT2D eigenvalue weighted by molar-refractivity contribution is 6.35. The summed E-state index contributed by atoms with van der Waals surface area (Å²) >= 11 is 12.2. The average Bonchev–Trinajstić information content (AvgIpc) is 3.35. The Balaban J connectivity index is 1.50. The predicted octanol–water partition coefficient (Wildman–Crippen LogP) is 3.57. The van der Waals surface area contributed by atoms with Gasteiger partial charge in [0.05, 0.1) is 29.0 Å². The fraction of sp³-hybridized carbons (Fsp3) is 0.263. The molecule has 0 bridgehead atoms. The zero-order valence-corrected chi connectivity index (χ0v) is 16.4. The molecule has 1 amide bonds. The standard InChI is InChI=1S/C19H18Cl2N6O/c20-13-8-9-15(21)16(11-13)22-19(28)17-7-4-10-26(17)12-18-23-24-25-27(18)14-5-2-1-3-6-14/h1-3,5-6,8-9,11,17H,4,7,10,12H2,(H,22,28)/t17-/m0/s1. The van der Waals surface area contributed by atoms with Crippen molar-refractivity contribution in [3.05, 3.63) is 64.4 Å². The highest BCUT2D eigenvalue weighted by Crippen LogP contribution is 2.27. The van der Waals surface area contributed by atoms with Crippen LogP contribution in [0, 0.1) is 0 Å². The lowest BCUT2D eigenvalue weighted by Gasteiger charge is -2.23. The Labute approximate surface area is 172 Å². The molecule has 1 aliphatic heterocycles. The molecule has 1 atom stereocenters. The number of rotatable bonds is 5. The fourth-order valence-corrected chi connectivity index (χ4v) is 3.71. The van der Waals surface area contributed by atoms with Crippen LogP contribution >= 0.6 is 23.2 Å². The molecule has 0 saturated carbocycles. The number of hydrogen-bond donors (Lipinski definition) is 1. The number of likely N-dealkylation sites (tertiary alicyclic amines) is 1. The molecule has 9 heteroatoms. The second kappa shape index (κ2) is 8.26. The van der Waals surface area contributed by atoms with E-state index in [1.807, 2.05) is 30.3 Å². The number of nitrogens with one attached hydrogen (secondary N) is 1. The summed E-state index contributed by atoms with van der Waals surface area (Å²) in [6, 6.07) is 14.4. The summed E-state index contributed by atoms with van der Waals surface area (Å²) in [6.07, 6.45) is 1.69. The zero-order chi connectivity index (χ0) is 19.5. The van der Waals surface area contributed by atoms with Gasteiger partial charge in [-0.3, -0.25) is 9.69 Å². The highest BCUT2D eigenvalue weighted by Gasteiger charge is 2.32. The first-order chi connectivity index (χ1) is 13.6. The molecule has 0 unspecified atom stereocenters. The van der Waals surface area contributed by atoms with Gasteiger partial charge in [-0.2, -0.15) is 4.68 Å². The Morgan fingerprint density at radius 2 is 2.00 bits per heavy atom. The van der Waals surface area contributed by atoms with Crippen LogP contribution in [-0.4, -0.2) is 43.6 Å². The van der Waals surface area contributed by atoms with E-state index in [1.54, 1.807) is 22.9 Å². The first-order valence-corrected chi connectivity index (χ1v) is 9.70. The molecule has 1 aliphatic rings. The van der Waals surface area contributed by atoms with E-state index in [2.05, 4.69) is 25.7 Å². The van der Waals surface area contributed by atoms with Gasteiger partial charge in [0.1, 0.15) is 0 Å². The number of carbonyl (C=O) groups is 1. The molecule has 1 N–H and O–H groups in total. The van der Waals surface area contributed by atoms with Crippen molar-refractivity contribution in [1.29, 1.82) is 0 Å². The van der Waals surface area contributed by atoms with Crippen molar-refractivity contribution in [3.63, 3.8) is 0 Å². The minimum Gasteiger partial charge on any atom is -0.323 e. The van der Waals surface area contributed by atoms with E-state index in [0.717, 1.165) is 25.1 Å². The molecule has 4 rings (SSSR count). The minimum atomic E-state index is -0.282. The third-order valence-electron chi connectivity index (χ3n) is 4.73. The highest BCUT2D eigenvalue weighted by atomic mass is 35.5. The van der Waals surface area contributed by atoms with Crippen molar-refractivity contribution in [3.8, 4) is 5.69 Å². The van der Waals surface area contributed by atoms with E-state index in [4.69, 9.17) is 23.2 Å². The molecule has 2 aromatic carbocycles. The van der Waals surface area contributed by atoms with Gasteiger partial charge in [0.25, 0.3) is 0 Å². The van der Waals surface area contributed by atoms with E-state index in [1.165, 1.54) is 0 Å². The number of aromatic nitrogens is 4. The summed E-state index contributed by atoms with van der Waals surface area (Å²) in [4.78, 5) is 14.9. The second-order valence-corrected chi connectivity index (χ2v) is 7.43. The van der Waals surface area contributed by atoms with Crippen LogP contribution < -0.4 is 5.32 Å². The Morgan fingerprint density at radius 3 is 2.82 bits per heavy atom. The average molecular weight is 417 g/mol. The van der Waals surface area contributed by atoms with Gasteiger partial charge in [0, 0.05) is 5.02 Å². The molecule has 7 nitrogen and oxygen atoms in total. The Morgan fingerprint density at radius 1 is 1.18 bits per heavy atom. The van der Waals surface area contributed by atoms with Gasteiger partial charge >= 0.3 is 0 Å². The quantitative estimate of drug-likeness (QED) is 0.687. The van der Waals surface area contributed by atoms with Crippen LogP contribution in [0.5, 0.6) is 0 Å². The van der Waals surface area contributed by atoms with Gasteiger partial charge in [0.15, 0.2) is 5.82 Å². The third kappa shape index (κ3) is 4.01. The second-order valence-electron chi connectivity index (χ2n) is 6.58. The number of anilines is 1. The molecule has 1 aromatic heterocycles. The number of hydrogen-bond acceptors (Lipinski definition) is 5. The number of carbonyl (C=O) groups excluding carboxylic acids is 1. The summed E-state index contributed by atoms with van der Waals surface area (Å²) in [5, 5.41) is 15.9. The van der Waals surface area contributed by atoms with E-state index in [-0.39, 0.29) is 11.9 Å². The number of para-hydroxylation sites is 1. The number of tetrazole rings is 1. The Bertz CT molecular complexity index is 978. The first kappa shape index (κ1) is 18.9. The van der Waals surface area contributed by atoms with E-state index in [0.29, 0.717) is 28.1 Å². The SMILES string of the molecule is O=C(Nc1cc(Cl)ccc1Cl)[C@@H]1CCCN1Cc1nnnn1-c1ccccc1. The topological polar surface area (TPSA) is 75.9 Å². The summed E-state index contributed by atoms with van der Waals surface area (Å²) in [7, 11) is 0. The van der Waals surface area contributed by atoms with Gasteiger partial charge in [-0.1, -0.05) is 41.4 Å². The smallest absolute Gasteiger partial charge is 0.241 e. The molecule has 0 radical (unpaired) electrons. The summed E-state index contributed by atoms with van der Waals surface area (Å²) in [5.41, 5.74) is 1.40. The van der Waals surface area contributed by atoms with Crippen LogP contribution in [0.1, 0.15) is 18.7 Å². The van der Waals surface area contributed by atoms with Crippen molar-refractivity contribution in [2.75, 3.05) is 11.9 Å². The largest absolute Gasteiger partial charge is 0.323 e. The molecule has 144 valence electrons. The van der Waals surface area contributed by atoms with Crippen LogP contribution in [0.3, 0.4) is 0 Å². The molecular formula is C19H18Cl2N6O. The van der Waals surface area contributed by atoms with Gasteiger partial charge in [-0.25, -0.2) is 0 Å². The van der Waals surface area contributed by atoms with Crippen molar-refractivity contribution in [2.24, 2.45) is 0 Å². The molecule has 2 heterocycles. The van der Waals surface area contributed by atoms with Gasteiger partial charge in [-0.15, -0.1) is 5.10 Å². The fourth-order valence-electron chi connectivity index (χ4n) is 3.38. The lowest BCUT2D eigenvalue weighted by atomic mass is 10.2. The van der Waals surface area contributed by atoms with E-state index < -0.39 is 0 Å². The van der Waals surface area contributed by atoms with Crippen LogP contribution in [0.4, 0.5) is 5.69 Å². The molecule has 0 spiro atoms. The molecule has 28 heavy (non-hydrogen) atoms. The zero-order valence-electron chi connectivity index (χ0n) is 14.9. The van der Waals surface area contributed by atoms with Crippen LogP contribution in [0.25, 0.3) is 5.69 Å². The molecule has 3 aromatic rings. The van der Waals surface area contributed by atoms with Gasteiger partial charge in [0.2, 0.25) is 5.91 Å². The Kier molecular flexibility index (Phi) is 5.57. The molecule has 0 aliphatic carbocycles. The van der Waals surface area contributed by atoms with E-state index >= 15 is 0 Å². The van der Waals surface area contributed by atoms with Crippen molar-refractivity contribution in [1.82, 2.24) is 25.1 Å². The Hall–Kier alpha value is -2.48. The third-order valence-corrected chi connectivity index (χ3v) is 5.30. The maximum absolute atomic E-state index is 12.9. The lowest BCUT2D eigenvalue weighted by molar-refractivity contribution is -0.120. The number of benzene rings is 2. The predicted molar refractivity (Wildman–Crippen MR) is 108 cm³/mol. The van der Waals surface area contributed by atoms with Crippen LogP contribution in [-0.2, 0) is 11.3 Å². The van der Waals surface area contributed by atoms with Crippen LogP contribution in [0.15, 0.2) is 48.5 Å². The number of halogens is 2. The first-order valence-electron chi connectivity index (χ1n) is 8.94. The van der Waals surface area contributed by atoms with Crippen molar-refractivity contribution < 1.29 is 4.79 Å². The van der Waals surface area contributed by atoms with Gasteiger partial charge in [-0.05, 0) is 60.1 Å². The molecule has 1 saturated heterocycles. The number of amides is 1. The van der Waals surface area contributed by atoms with E-state index in [9.17, 15) is 4.79 Å². The van der Waals surface area contributed by atoms with Crippen LogP contribution in [0.2, 0.25) is 10.0 Å². The monoisotopic (exact) mass is 416 g/mol. The van der Waals surface area contributed by atoms with Crippen molar-refractivity contribution in [2.45, 2.75) is 25.4 Å².